The second kappa shape index (κ2) is 7.60. The van der Waals surface area contributed by atoms with Crippen LogP contribution in [0.15, 0.2) is 65.1 Å². The molecule has 1 N–H and O–H groups in total. The van der Waals surface area contributed by atoms with Gasteiger partial charge in [0.15, 0.2) is 0 Å². The predicted molar refractivity (Wildman–Crippen MR) is 103 cm³/mol. The summed E-state index contributed by atoms with van der Waals surface area (Å²) < 4.78 is 5.72. The molecule has 0 atom stereocenters. The average Bonchev–Trinajstić information content (AvgIpc) is 3.01. The minimum absolute atomic E-state index is 0.227. The highest BCUT2D eigenvalue weighted by Gasteiger charge is 2.06. The fourth-order valence-electron chi connectivity index (χ4n) is 2.36. The summed E-state index contributed by atoms with van der Waals surface area (Å²) in [5, 5.41) is 3.88. The van der Waals surface area contributed by atoms with Crippen molar-refractivity contribution in [3.8, 4) is 11.3 Å². The number of amides is 1. The smallest absolute Gasteiger partial charge is 0.248 e. The number of benzene rings is 2. The third-order valence-electron chi connectivity index (χ3n) is 3.46. The van der Waals surface area contributed by atoms with Gasteiger partial charge in [-0.15, -0.1) is 0 Å². The number of anilines is 1. The Morgan fingerprint density at radius 1 is 1.04 bits per heavy atom. The van der Waals surface area contributed by atoms with Crippen LogP contribution in [0.2, 0.25) is 10.0 Å². The van der Waals surface area contributed by atoms with Crippen molar-refractivity contribution in [1.29, 1.82) is 0 Å². The number of carbonyl (C=O) groups is 1. The molecule has 1 amide bonds. The summed E-state index contributed by atoms with van der Waals surface area (Å²) in [4.78, 5) is 12.0. The zero-order valence-electron chi connectivity index (χ0n) is 13.4. The van der Waals surface area contributed by atoms with E-state index in [9.17, 15) is 4.79 Å². The van der Waals surface area contributed by atoms with Gasteiger partial charge in [-0.1, -0.05) is 35.3 Å². The van der Waals surface area contributed by atoms with Gasteiger partial charge in [0.25, 0.3) is 0 Å². The first-order valence-corrected chi connectivity index (χ1v) is 8.37. The Hall–Kier alpha value is -2.49. The zero-order valence-corrected chi connectivity index (χ0v) is 14.9. The minimum atomic E-state index is -0.227. The highest BCUT2D eigenvalue weighted by Crippen LogP contribution is 2.28. The molecule has 0 saturated heterocycles. The monoisotopic (exact) mass is 371 g/mol. The summed E-state index contributed by atoms with van der Waals surface area (Å²) in [5.74, 6) is 0.961. The van der Waals surface area contributed by atoms with Crippen molar-refractivity contribution >= 4 is 40.9 Å². The molecule has 1 aromatic heterocycles. The molecular weight excluding hydrogens is 357 g/mol. The Bertz CT molecular complexity index is 924. The van der Waals surface area contributed by atoms with Crippen molar-refractivity contribution in [1.82, 2.24) is 0 Å². The molecular formula is C20H15Cl2NO2. The maximum Gasteiger partial charge on any atom is 0.248 e. The van der Waals surface area contributed by atoms with Gasteiger partial charge in [0.1, 0.15) is 11.5 Å². The molecule has 3 aromatic rings. The molecule has 0 aliphatic heterocycles. The van der Waals surface area contributed by atoms with Crippen molar-refractivity contribution in [2.75, 3.05) is 5.32 Å². The van der Waals surface area contributed by atoms with E-state index in [1.165, 1.54) is 6.08 Å². The molecule has 0 aliphatic rings. The highest BCUT2D eigenvalue weighted by atomic mass is 35.5. The Morgan fingerprint density at radius 3 is 2.52 bits per heavy atom. The van der Waals surface area contributed by atoms with Crippen LogP contribution in [0.4, 0.5) is 5.69 Å². The Morgan fingerprint density at radius 2 is 1.80 bits per heavy atom. The van der Waals surface area contributed by atoms with Crippen LogP contribution in [0.3, 0.4) is 0 Å². The second-order valence-electron chi connectivity index (χ2n) is 5.55. The molecule has 25 heavy (non-hydrogen) atoms. The number of halogens is 2. The number of hydrogen-bond acceptors (Lipinski definition) is 2. The molecule has 3 nitrogen and oxygen atoms in total. The molecule has 126 valence electrons. The van der Waals surface area contributed by atoms with Crippen LogP contribution in [0.1, 0.15) is 11.3 Å². The molecule has 0 aliphatic carbocycles. The molecule has 1 heterocycles. The van der Waals surface area contributed by atoms with E-state index in [0.717, 1.165) is 16.8 Å². The van der Waals surface area contributed by atoms with Gasteiger partial charge in [-0.3, -0.25) is 4.79 Å². The lowest BCUT2D eigenvalue weighted by Crippen LogP contribution is -2.07. The van der Waals surface area contributed by atoms with Gasteiger partial charge in [-0.25, -0.2) is 0 Å². The van der Waals surface area contributed by atoms with Crippen LogP contribution in [0, 0.1) is 6.92 Å². The van der Waals surface area contributed by atoms with Gasteiger partial charge >= 0.3 is 0 Å². The van der Waals surface area contributed by atoms with Gasteiger partial charge < -0.3 is 9.73 Å². The van der Waals surface area contributed by atoms with Crippen LogP contribution in [0.5, 0.6) is 0 Å². The van der Waals surface area contributed by atoms with Crippen molar-refractivity contribution in [3.05, 3.63) is 82.0 Å². The minimum Gasteiger partial charge on any atom is -0.457 e. The van der Waals surface area contributed by atoms with Crippen molar-refractivity contribution in [2.45, 2.75) is 6.92 Å². The fraction of sp³-hybridized carbons (Fsp3) is 0.0500. The number of rotatable bonds is 4. The van der Waals surface area contributed by atoms with Gasteiger partial charge in [-0.2, -0.15) is 0 Å². The standard InChI is InChI=1S/C20H15Cl2NO2/c1-13-3-2-4-17(9-13)23-20(24)8-6-18-5-7-19(25-18)14-10-15(21)12-16(22)11-14/h2-12H,1H3,(H,23,24)/b8-6+. The first-order valence-electron chi connectivity index (χ1n) is 7.62. The van der Waals surface area contributed by atoms with E-state index in [1.807, 2.05) is 31.2 Å². The summed E-state index contributed by atoms with van der Waals surface area (Å²) in [7, 11) is 0. The van der Waals surface area contributed by atoms with Gasteiger partial charge in [0.2, 0.25) is 5.91 Å². The van der Waals surface area contributed by atoms with E-state index in [-0.39, 0.29) is 5.91 Å². The molecule has 0 fully saturated rings. The second-order valence-corrected chi connectivity index (χ2v) is 6.43. The van der Waals surface area contributed by atoms with E-state index in [4.69, 9.17) is 27.6 Å². The molecule has 0 bridgehead atoms. The van der Waals surface area contributed by atoms with Crippen molar-refractivity contribution in [2.24, 2.45) is 0 Å². The summed E-state index contributed by atoms with van der Waals surface area (Å²) in [5.41, 5.74) is 2.61. The van der Waals surface area contributed by atoms with E-state index in [1.54, 1.807) is 36.4 Å². The van der Waals surface area contributed by atoms with Crippen LogP contribution in [-0.4, -0.2) is 5.91 Å². The third kappa shape index (κ3) is 4.75. The lowest BCUT2D eigenvalue weighted by atomic mass is 10.2. The number of hydrogen-bond donors (Lipinski definition) is 1. The number of aryl methyl sites for hydroxylation is 1. The Labute approximate surface area is 155 Å². The third-order valence-corrected chi connectivity index (χ3v) is 3.89. The molecule has 0 spiro atoms. The van der Waals surface area contributed by atoms with E-state index < -0.39 is 0 Å². The van der Waals surface area contributed by atoms with Crippen molar-refractivity contribution < 1.29 is 9.21 Å². The quantitative estimate of drug-likeness (QED) is 0.553. The van der Waals surface area contributed by atoms with Gasteiger partial charge in [0.05, 0.1) is 0 Å². The molecule has 0 saturated carbocycles. The maximum absolute atomic E-state index is 12.0. The van der Waals surface area contributed by atoms with E-state index >= 15 is 0 Å². The zero-order chi connectivity index (χ0) is 17.8. The summed E-state index contributed by atoms with van der Waals surface area (Å²) in [6.45, 7) is 1.97. The lowest BCUT2D eigenvalue weighted by molar-refractivity contribution is -0.111. The molecule has 5 heteroatoms. The summed E-state index contributed by atoms with van der Waals surface area (Å²) in [6.07, 6.45) is 3.04. The van der Waals surface area contributed by atoms with Crippen molar-refractivity contribution in [3.63, 3.8) is 0 Å². The van der Waals surface area contributed by atoms with Gasteiger partial charge in [0, 0.05) is 27.4 Å². The highest BCUT2D eigenvalue weighted by molar-refractivity contribution is 6.35. The Balaban J connectivity index is 1.70. The molecule has 0 radical (unpaired) electrons. The summed E-state index contributed by atoms with van der Waals surface area (Å²) >= 11 is 12.0. The first kappa shape index (κ1) is 17.3. The topological polar surface area (TPSA) is 42.2 Å². The van der Waals surface area contributed by atoms with Crippen LogP contribution < -0.4 is 5.32 Å². The van der Waals surface area contributed by atoms with Crippen LogP contribution >= 0.6 is 23.2 Å². The average molecular weight is 372 g/mol. The van der Waals surface area contributed by atoms with E-state index in [0.29, 0.717) is 21.6 Å². The lowest BCUT2D eigenvalue weighted by Gasteiger charge is -2.02. The molecule has 2 aromatic carbocycles. The largest absolute Gasteiger partial charge is 0.457 e. The predicted octanol–water partition coefficient (Wildman–Crippen LogP) is 6.21. The number of nitrogens with one attached hydrogen (secondary N) is 1. The normalized spacial score (nSPS) is 11.0. The number of carbonyl (C=O) groups excluding carboxylic acids is 1. The fourth-order valence-corrected chi connectivity index (χ4v) is 2.88. The van der Waals surface area contributed by atoms with E-state index in [2.05, 4.69) is 5.32 Å². The van der Waals surface area contributed by atoms with Gasteiger partial charge in [-0.05, 0) is 61.0 Å². The Kier molecular flexibility index (Phi) is 5.27. The molecule has 0 unspecified atom stereocenters. The summed E-state index contributed by atoms with van der Waals surface area (Å²) in [6, 6.07) is 16.4. The van der Waals surface area contributed by atoms with Crippen LogP contribution in [0.25, 0.3) is 17.4 Å². The molecule has 3 rings (SSSR count). The number of furan rings is 1. The SMILES string of the molecule is Cc1cccc(NC(=O)/C=C/c2ccc(-c3cc(Cl)cc(Cl)c3)o2)c1. The first-order chi connectivity index (χ1) is 12.0. The maximum atomic E-state index is 12.0. The van der Waals surface area contributed by atoms with Crippen LogP contribution in [-0.2, 0) is 4.79 Å².